The van der Waals surface area contributed by atoms with Crippen LogP contribution in [0.15, 0.2) is 61.8 Å². The van der Waals surface area contributed by atoms with Gasteiger partial charge in [0.2, 0.25) is 0 Å². The maximum absolute atomic E-state index is 11.4. The number of carbonyl (C=O) groups excluding carboxylic acids is 2. The molecule has 0 unspecified atom stereocenters. The molecule has 100 valence electrons. The second kappa shape index (κ2) is 5.60. The summed E-state index contributed by atoms with van der Waals surface area (Å²) in [6, 6.07) is 13.5. The molecule has 0 saturated carbocycles. The van der Waals surface area contributed by atoms with Crippen LogP contribution in [0.5, 0.6) is 0 Å². The molecule has 2 aromatic rings. The van der Waals surface area contributed by atoms with E-state index >= 15 is 0 Å². The summed E-state index contributed by atoms with van der Waals surface area (Å²) in [5.74, 6) is 0.171. The fourth-order valence-electron chi connectivity index (χ4n) is 1.62. The first-order valence-electron chi connectivity index (χ1n) is 5.78. The third kappa shape index (κ3) is 2.97. The molecule has 0 radical (unpaired) electrons. The molecule has 0 bridgehead atoms. The Morgan fingerprint density at radius 2 is 1.90 bits per heavy atom. The molecule has 20 heavy (non-hydrogen) atoms. The first-order valence-corrected chi connectivity index (χ1v) is 7.41. The predicted molar refractivity (Wildman–Crippen MR) is 78.4 cm³/mol. The van der Waals surface area contributed by atoms with E-state index in [0.29, 0.717) is 10.7 Å². The highest BCUT2D eigenvalue weighted by atomic mass is 32.2. The number of hydrogen-bond donors (Lipinski definition) is 1. The van der Waals surface area contributed by atoms with Gasteiger partial charge >= 0.3 is 0 Å². The van der Waals surface area contributed by atoms with Gasteiger partial charge in [-0.1, -0.05) is 30.0 Å². The molecule has 4 nitrogen and oxygen atoms in total. The van der Waals surface area contributed by atoms with Crippen molar-refractivity contribution >= 4 is 40.7 Å². The normalized spacial score (nSPS) is 16.7. The van der Waals surface area contributed by atoms with Crippen molar-refractivity contribution in [2.24, 2.45) is 0 Å². The van der Waals surface area contributed by atoms with E-state index in [1.165, 1.54) is 11.8 Å². The van der Waals surface area contributed by atoms with Gasteiger partial charge < -0.3 is 4.42 Å². The van der Waals surface area contributed by atoms with E-state index in [2.05, 4.69) is 5.32 Å². The highest BCUT2D eigenvalue weighted by Crippen LogP contribution is 2.31. The van der Waals surface area contributed by atoms with E-state index in [-0.39, 0.29) is 11.1 Å². The van der Waals surface area contributed by atoms with Crippen LogP contribution in [0.25, 0.3) is 6.08 Å². The molecule has 0 aliphatic carbocycles. The van der Waals surface area contributed by atoms with Gasteiger partial charge in [-0.05, 0) is 36.0 Å². The van der Waals surface area contributed by atoms with Crippen LogP contribution in [-0.4, -0.2) is 11.1 Å². The van der Waals surface area contributed by atoms with Crippen LogP contribution in [0.3, 0.4) is 0 Å². The van der Waals surface area contributed by atoms with Crippen molar-refractivity contribution in [3.8, 4) is 0 Å². The number of amides is 2. The standard InChI is InChI=1S/C14H9NO3S2/c16-13-11(20-14(17)15-13)8-9-6-7-12(18-9)19-10-4-2-1-3-5-10/h1-8H,(H,15,16,17)/b11-8+. The smallest absolute Gasteiger partial charge is 0.290 e. The summed E-state index contributed by atoms with van der Waals surface area (Å²) in [5.41, 5.74) is 0. The lowest BCUT2D eigenvalue weighted by Gasteiger charge is -1.96. The number of nitrogens with one attached hydrogen (secondary N) is 1. The molecule has 2 heterocycles. The summed E-state index contributed by atoms with van der Waals surface area (Å²) >= 11 is 2.37. The largest absolute Gasteiger partial charge is 0.450 e. The van der Waals surface area contributed by atoms with Crippen molar-refractivity contribution in [2.75, 3.05) is 0 Å². The van der Waals surface area contributed by atoms with Gasteiger partial charge in [-0.2, -0.15) is 0 Å². The van der Waals surface area contributed by atoms with Gasteiger partial charge in [-0.3, -0.25) is 14.9 Å². The number of benzene rings is 1. The van der Waals surface area contributed by atoms with Gasteiger partial charge in [0.05, 0.1) is 4.91 Å². The van der Waals surface area contributed by atoms with Gasteiger partial charge in [-0.25, -0.2) is 0 Å². The van der Waals surface area contributed by atoms with E-state index in [0.717, 1.165) is 21.7 Å². The highest BCUT2D eigenvalue weighted by molar-refractivity contribution is 8.18. The van der Waals surface area contributed by atoms with Gasteiger partial charge in [0, 0.05) is 11.0 Å². The fraction of sp³-hybridized carbons (Fsp3) is 0. The molecule has 3 rings (SSSR count). The molecule has 1 N–H and O–H groups in total. The maximum Gasteiger partial charge on any atom is 0.290 e. The first-order chi connectivity index (χ1) is 9.70. The Balaban J connectivity index is 1.76. The van der Waals surface area contributed by atoms with E-state index in [9.17, 15) is 9.59 Å². The molecule has 1 fully saturated rings. The van der Waals surface area contributed by atoms with Gasteiger partial charge in [-0.15, -0.1) is 0 Å². The zero-order valence-electron chi connectivity index (χ0n) is 10.2. The van der Waals surface area contributed by atoms with Crippen molar-refractivity contribution in [2.45, 2.75) is 9.99 Å². The van der Waals surface area contributed by atoms with E-state index in [4.69, 9.17) is 4.42 Å². The summed E-state index contributed by atoms with van der Waals surface area (Å²) < 4.78 is 5.62. The minimum atomic E-state index is -0.381. The van der Waals surface area contributed by atoms with E-state index < -0.39 is 0 Å². The Labute approximate surface area is 123 Å². The third-order valence-electron chi connectivity index (χ3n) is 2.48. The lowest BCUT2D eigenvalue weighted by atomic mass is 10.4. The summed E-state index contributed by atoms with van der Waals surface area (Å²) in [7, 11) is 0. The van der Waals surface area contributed by atoms with Crippen molar-refractivity contribution in [3.05, 3.63) is 53.1 Å². The molecular formula is C14H9NO3S2. The summed E-state index contributed by atoms with van der Waals surface area (Å²) in [4.78, 5) is 23.9. The third-order valence-corrected chi connectivity index (χ3v) is 4.22. The van der Waals surface area contributed by atoms with Crippen LogP contribution in [0.4, 0.5) is 4.79 Å². The average Bonchev–Trinajstić information content (AvgIpc) is 2.98. The maximum atomic E-state index is 11.4. The van der Waals surface area contributed by atoms with Crippen molar-refractivity contribution in [1.82, 2.24) is 5.32 Å². The lowest BCUT2D eigenvalue weighted by Crippen LogP contribution is -2.17. The summed E-state index contributed by atoms with van der Waals surface area (Å²) in [5, 5.41) is 2.58. The topological polar surface area (TPSA) is 59.3 Å². The van der Waals surface area contributed by atoms with Crippen LogP contribution in [0.1, 0.15) is 5.76 Å². The van der Waals surface area contributed by atoms with E-state index in [1.54, 1.807) is 12.1 Å². The first kappa shape index (κ1) is 13.1. The van der Waals surface area contributed by atoms with Gasteiger partial charge in [0.15, 0.2) is 5.09 Å². The Morgan fingerprint density at radius 1 is 1.10 bits per heavy atom. The van der Waals surface area contributed by atoms with Crippen LogP contribution in [0.2, 0.25) is 0 Å². The molecule has 1 aromatic carbocycles. The van der Waals surface area contributed by atoms with Crippen LogP contribution in [0, 0.1) is 0 Å². The van der Waals surface area contributed by atoms with Crippen LogP contribution in [-0.2, 0) is 4.79 Å². The molecule has 6 heteroatoms. The van der Waals surface area contributed by atoms with Crippen molar-refractivity contribution in [3.63, 3.8) is 0 Å². The molecule has 1 saturated heterocycles. The highest BCUT2D eigenvalue weighted by Gasteiger charge is 2.25. The Bertz CT molecular complexity index is 691. The number of thioether (sulfide) groups is 1. The molecule has 1 aromatic heterocycles. The fourth-order valence-corrected chi connectivity index (χ4v) is 3.08. The predicted octanol–water partition coefficient (Wildman–Crippen LogP) is 3.75. The Kier molecular flexibility index (Phi) is 3.66. The molecule has 2 amide bonds. The zero-order valence-corrected chi connectivity index (χ0v) is 11.8. The molecule has 0 atom stereocenters. The zero-order chi connectivity index (χ0) is 13.9. The monoisotopic (exact) mass is 303 g/mol. The SMILES string of the molecule is O=C1NC(=O)/C(=C\c2ccc(Sc3ccccc3)o2)S1. The molecule has 1 aliphatic heterocycles. The van der Waals surface area contributed by atoms with E-state index in [1.807, 2.05) is 36.4 Å². The second-order valence-corrected chi connectivity index (χ2v) is 6.02. The van der Waals surface area contributed by atoms with Crippen molar-refractivity contribution < 1.29 is 14.0 Å². The van der Waals surface area contributed by atoms with Crippen LogP contribution >= 0.6 is 23.5 Å². The second-order valence-electron chi connectivity index (χ2n) is 3.92. The number of hydrogen-bond acceptors (Lipinski definition) is 5. The number of rotatable bonds is 3. The summed E-state index contributed by atoms with van der Waals surface area (Å²) in [6.07, 6.45) is 1.57. The molecular weight excluding hydrogens is 294 g/mol. The van der Waals surface area contributed by atoms with Gasteiger partial charge in [0.1, 0.15) is 5.76 Å². The minimum Gasteiger partial charge on any atom is -0.450 e. The molecule has 0 spiro atoms. The lowest BCUT2D eigenvalue weighted by molar-refractivity contribution is -0.115. The molecule has 1 aliphatic rings. The Hall–Kier alpha value is -1.92. The van der Waals surface area contributed by atoms with Crippen molar-refractivity contribution in [1.29, 1.82) is 0 Å². The average molecular weight is 303 g/mol. The summed E-state index contributed by atoms with van der Waals surface area (Å²) in [6.45, 7) is 0. The Morgan fingerprint density at radius 3 is 2.60 bits per heavy atom. The minimum absolute atomic E-state index is 0.348. The number of furan rings is 1. The number of carbonyl (C=O) groups is 2. The van der Waals surface area contributed by atoms with Crippen LogP contribution < -0.4 is 5.32 Å². The quantitative estimate of drug-likeness (QED) is 0.875. The number of imide groups is 1. The van der Waals surface area contributed by atoms with Gasteiger partial charge in [0.25, 0.3) is 11.1 Å².